The zero-order chi connectivity index (χ0) is 11.8. The molecule has 0 unspecified atom stereocenters. The van der Waals surface area contributed by atoms with Crippen LogP contribution in [0, 0.1) is 0 Å². The van der Waals surface area contributed by atoms with Crippen molar-refractivity contribution in [1.29, 1.82) is 0 Å². The van der Waals surface area contributed by atoms with E-state index in [0.29, 0.717) is 0 Å². The molecule has 1 aliphatic rings. The van der Waals surface area contributed by atoms with E-state index in [1.165, 1.54) is 19.3 Å². The van der Waals surface area contributed by atoms with Crippen LogP contribution in [-0.2, 0) is 0 Å². The van der Waals surface area contributed by atoms with E-state index in [2.05, 4.69) is 9.88 Å². The van der Waals surface area contributed by atoms with Crippen LogP contribution in [0.2, 0.25) is 0 Å². The molecule has 0 spiro atoms. The molecule has 0 saturated carbocycles. The summed E-state index contributed by atoms with van der Waals surface area (Å²) in [4.78, 5) is 19.5. The Bertz CT molecular complexity index is 552. The lowest BCUT2D eigenvalue weighted by molar-refractivity contribution is 0.102. The summed E-state index contributed by atoms with van der Waals surface area (Å²) in [7, 11) is 0. The monoisotopic (exact) mass is 266 g/mol. The Morgan fingerprint density at radius 2 is 2.12 bits per heavy atom. The Hall–Kier alpha value is -0.940. The van der Waals surface area contributed by atoms with Crippen molar-refractivity contribution in [3.05, 3.63) is 10.9 Å². The van der Waals surface area contributed by atoms with Gasteiger partial charge in [-0.05, 0) is 26.2 Å². The van der Waals surface area contributed by atoms with E-state index in [1.807, 2.05) is 5.38 Å². The van der Waals surface area contributed by atoms with Crippen LogP contribution >= 0.6 is 22.7 Å². The van der Waals surface area contributed by atoms with Gasteiger partial charge >= 0.3 is 0 Å². The Kier molecular flexibility index (Phi) is 2.88. The van der Waals surface area contributed by atoms with Crippen LogP contribution < -0.4 is 4.90 Å². The number of fused-ring (bicyclic) bond motifs is 1. The molecule has 1 saturated heterocycles. The van der Waals surface area contributed by atoms with Crippen LogP contribution in [0.15, 0.2) is 5.38 Å². The van der Waals surface area contributed by atoms with Crippen molar-refractivity contribution in [3.8, 4) is 0 Å². The largest absolute Gasteiger partial charge is 0.348 e. The Morgan fingerprint density at radius 1 is 1.35 bits per heavy atom. The van der Waals surface area contributed by atoms with Gasteiger partial charge in [-0.3, -0.25) is 4.79 Å². The number of thiophene rings is 1. The number of hydrogen-bond donors (Lipinski definition) is 0. The second kappa shape index (κ2) is 4.38. The van der Waals surface area contributed by atoms with Crippen molar-refractivity contribution in [1.82, 2.24) is 4.98 Å². The van der Waals surface area contributed by atoms with E-state index in [-0.39, 0.29) is 5.78 Å². The molecule has 0 atom stereocenters. The summed E-state index contributed by atoms with van der Waals surface area (Å²) in [5, 5.41) is 3.02. The molecule has 0 aliphatic carbocycles. The minimum Gasteiger partial charge on any atom is -0.348 e. The molecule has 2 aromatic rings. The molecule has 1 fully saturated rings. The minimum atomic E-state index is 0.144. The molecule has 5 heteroatoms. The van der Waals surface area contributed by atoms with E-state index < -0.39 is 0 Å². The number of hydrogen-bond acceptors (Lipinski definition) is 5. The summed E-state index contributed by atoms with van der Waals surface area (Å²) in [6.45, 7) is 3.84. The lowest BCUT2D eigenvalue weighted by atomic mass is 10.1. The van der Waals surface area contributed by atoms with Crippen molar-refractivity contribution in [2.75, 3.05) is 18.0 Å². The van der Waals surface area contributed by atoms with Gasteiger partial charge in [-0.25, -0.2) is 4.98 Å². The Labute approximate surface area is 108 Å². The SMILES string of the molecule is CC(=O)c1csc2nc(N3CCCCC3)sc12. The van der Waals surface area contributed by atoms with Crippen LogP contribution in [0.4, 0.5) is 5.13 Å². The van der Waals surface area contributed by atoms with E-state index in [1.54, 1.807) is 29.6 Å². The second-order valence-electron chi connectivity index (χ2n) is 4.38. The number of piperidine rings is 1. The highest BCUT2D eigenvalue weighted by atomic mass is 32.1. The first kappa shape index (κ1) is 11.2. The molecular formula is C12H14N2OS2. The average Bonchev–Trinajstić information content (AvgIpc) is 2.88. The maximum atomic E-state index is 11.5. The summed E-state index contributed by atoms with van der Waals surface area (Å²) < 4.78 is 1.07. The number of aromatic nitrogens is 1. The van der Waals surface area contributed by atoms with Crippen molar-refractivity contribution in [2.45, 2.75) is 26.2 Å². The molecule has 1 aliphatic heterocycles. The van der Waals surface area contributed by atoms with E-state index >= 15 is 0 Å². The third kappa shape index (κ3) is 1.98. The van der Waals surface area contributed by atoms with Gasteiger partial charge in [0, 0.05) is 24.0 Å². The number of thiazole rings is 1. The minimum absolute atomic E-state index is 0.144. The van der Waals surface area contributed by atoms with Crippen molar-refractivity contribution in [3.63, 3.8) is 0 Å². The summed E-state index contributed by atoms with van der Waals surface area (Å²) >= 11 is 3.25. The fourth-order valence-electron chi connectivity index (χ4n) is 2.18. The van der Waals surface area contributed by atoms with Crippen molar-refractivity contribution < 1.29 is 4.79 Å². The first-order chi connectivity index (χ1) is 8.25. The standard InChI is InChI=1S/C12H14N2OS2/c1-8(15)9-7-16-11-10(9)17-12(13-11)14-5-3-2-4-6-14/h7H,2-6H2,1H3. The quantitative estimate of drug-likeness (QED) is 0.779. The molecular weight excluding hydrogens is 252 g/mol. The molecule has 3 heterocycles. The first-order valence-electron chi connectivity index (χ1n) is 5.89. The van der Waals surface area contributed by atoms with E-state index in [0.717, 1.165) is 33.3 Å². The zero-order valence-corrected chi connectivity index (χ0v) is 11.4. The normalized spacial score (nSPS) is 16.6. The first-order valence-corrected chi connectivity index (χ1v) is 7.59. The molecule has 90 valence electrons. The number of Topliss-reactive ketones (excluding diaryl/α,β-unsaturated/α-hetero) is 1. The van der Waals surface area contributed by atoms with Crippen LogP contribution in [0.3, 0.4) is 0 Å². The topological polar surface area (TPSA) is 33.2 Å². The third-order valence-corrected chi connectivity index (χ3v) is 5.27. The third-order valence-electron chi connectivity index (χ3n) is 3.12. The van der Waals surface area contributed by atoms with Gasteiger partial charge in [0.15, 0.2) is 10.9 Å². The highest BCUT2D eigenvalue weighted by Crippen LogP contribution is 2.36. The van der Waals surface area contributed by atoms with Crippen LogP contribution in [0.25, 0.3) is 9.53 Å². The highest BCUT2D eigenvalue weighted by molar-refractivity contribution is 7.28. The maximum Gasteiger partial charge on any atom is 0.187 e. The van der Waals surface area contributed by atoms with Crippen molar-refractivity contribution in [2.24, 2.45) is 0 Å². The number of anilines is 1. The lowest BCUT2D eigenvalue weighted by Crippen LogP contribution is -2.29. The van der Waals surface area contributed by atoms with Gasteiger partial charge in [0.2, 0.25) is 0 Å². The molecule has 0 N–H and O–H groups in total. The number of nitrogens with zero attached hydrogens (tertiary/aromatic N) is 2. The van der Waals surface area contributed by atoms with Crippen molar-refractivity contribution >= 4 is 43.1 Å². The van der Waals surface area contributed by atoms with Gasteiger partial charge in [0.25, 0.3) is 0 Å². The van der Waals surface area contributed by atoms with E-state index in [4.69, 9.17) is 0 Å². The Balaban J connectivity index is 1.98. The molecule has 0 bridgehead atoms. The number of carbonyl (C=O) groups excluding carboxylic acids is 1. The molecule has 0 radical (unpaired) electrons. The van der Waals surface area contributed by atoms with Crippen LogP contribution in [0.5, 0.6) is 0 Å². The average molecular weight is 266 g/mol. The second-order valence-corrected chi connectivity index (χ2v) is 6.22. The van der Waals surface area contributed by atoms with Gasteiger partial charge in [-0.15, -0.1) is 11.3 Å². The fourth-order valence-corrected chi connectivity index (χ4v) is 4.52. The summed E-state index contributed by atoms with van der Waals surface area (Å²) in [6, 6.07) is 0. The highest BCUT2D eigenvalue weighted by Gasteiger charge is 2.18. The molecule has 3 nitrogen and oxygen atoms in total. The predicted octanol–water partition coefficient (Wildman–Crippen LogP) is 3.55. The fraction of sp³-hybridized carbons (Fsp3) is 0.500. The van der Waals surface area contributed by atoms with Crippen LogP contribution in [-0.4, -0.2) is 23.9 Å². The lowest BCUT2D eigenvalue weighted by Gasteiger charge is -2.25. The number of carbonyl (C=O) groups is 1. The predicted molar refractivity (Wildman–Crippen MR) is 73.6 cm³/mol. The molecule has 0 aromatic carbocycles. The summed E-state index contributed by atoms with van der Waals surface area (Å²) in [5.74, 6) is 0.144. The Morgan fingerprint density at radius 3 is 2.82 bits per heavy atom. The van der Waals surface area contributed by atoms with Gasteiger partial charge in [-0.1, -0.05) is 11.3 Å². The molecule has 2 aromatic heterocycles. The van der Waals surface area contributed by atoms with Crippen LogP contribution in [0.1, 0.15) is 36.5 Å². The van der Waals surface area contributed by atoms with Gasteiger partial charge in [0.1, 0.15) is 4.83 Å². The van der Waals surface area contributed by atoms with Gasteiger partial charge in [-0.2, -0.15) is 0 Å². The molecule has 3 rings (SSSR count). The zero-order valence-electron chi connectivity index (χ0n) is 9.73. The smallest absolute Gasteiger partial charge is 0.187 e. The van der Waals surface area contributed by atoms with E-state index in [9.17, 15) is 4.79 Å². The molecule has 0 amide bonds. The summed E-state index contributed by atoms with van der Waals surface area (Å²) in [6.07, 6.45) is 3.84. The summed E-state index contributed by atoms with van der Waals surface area (Å²) in [5.41, 5.74) is 0.839. The van der Waals surface area contributed by atoms with Gasteiger partial charge in [0.05, 0.1) is 4.70 Å². The number of ketones is 1. The van der Waals surface area contributed by atoms with Gasteiger partial charge < -0.3 is 4.90 Å². The molecule has 17 heavy (non-hydrogen) atoms. The maximum absolute atomic E-state index is 11.5. The number of rotatable bonds is 2.